The van der Waals surface area contributed by atoms with E-state index < -0.39 is 0 Å². The van der Waals surface area contributed by atoms with E-state index in [1.165, 1.54) is 0 Å². The first-order valence-corrected chi connectivity index (χ1v) is 8.30. The van der Waals surface area contributed by atoms with Crippen LogP contribution in [0.1, 0.15) is 0 Å². The second-order valence-corrected chi connectivity index (χ2v) is 6.26. The number of aromatic nitrogens is 1. The van der Waals surface area contributed by atoms with Crippen molar-refractivity contribution in [3.05, 3.63) is 71.0 Å². The molecule has 0 amide bonds. The molecule has 0 aliphatic carbocycles. The van der Waals surface area contributed by atoms with Crippen LogP contribution in [0.25, 0.3) is 16.6 Å². The molecule has 3 aromatic rings. The average Bonchev–Trinajstić information content (AvgIpc) is 2.62. The summed E-state index contributed by atoms with van der Waals surface area (Å²) in [4.78, 5) is 17.4. The topological polar surface area (TPSA) is 28.5 Å². The number of likely N-dealkylation sites (N-methyl/N-ethyl adjacent to an activating group) is 1. The number of piperazine rings is 1. The van der Waals surface area contributed by atoms with Gasteiger partial charge in [0.25, 0.3) is 0 Å². The minimum absolute atomic E-state index is 0. The fourth-order valence-electron chi connectivity index (χ4n) is 3.32. The van der Waals surface area contributed by atoms with E-state index in [-0.39, 0.29) is 5.56 Å². The van der Waals surface area contributed by atoms with Crippen LogP contribution in [0.3, 0.4) is 0 Å². The van der Waals surface area contributed by atoms with Crippen LogP contribution in [0.4, 0.5) is 5.69 Å². The summed E-state index contributed by atoms with van der Waals surface area (Å²) >= 11 is 0. The van der Waals surface area contributed by atoms with Crippen LogP contribution in [-0.4, -0.2) is 42.7 Å². The fourth-order valence-corrected chi connectivity index (χ4v) is 3.32. The maximum Gasteiger partial charge on any atom is 0.165 e. The summed E-state index contributed by atoms with van der Waals surface area (Å²) in [6.45, 7) is 3.85. The van der Waals surface area contributed by atoms with Crippen molar-refractivity contribution in [2.24, 2.45) is 0 Å². The van der Waals surface area contributed by atoms with Gasteiger partial charge in [0.2, 0.25) is 0 Å². The Labute approximate surface area is 141 Å². The molecule has 4 rings (SSSR count). The number of para-hydroxylation sites is 2. The van der Waals surface area contributed by atoms with Crippen LogP contribution in [0.15, 0.2) is 59.4 Å². The van der Waals surface area contributed by atoms with Gasteiger partial charge < -0.3 is 14.4 Å². The number of hydrogen-bond donors (Lipinski definition) is 0. The Kier molecular flexibility index (Phi) is 4.23. The average molecular weight is 577 g/mol. The van der Waals surface area contributed by atoms with Gasteiger partial charge in [-0.05, 0) is 24.7 Å². The summed E-state index contributed by atoms with van der Waals surface area (Å²) in [7, 11) is 2.13. The first kappa shape index (κ1) is 16.3. The van der Waals surface area contributed by atoms with Crippen LogP contribution in [0, 0.1) is 6.07 Å². The van der Waals surface area contributed by atoms with Crippen LogP contribution in [0.2, 0.25) is 0 Å². The van der Waals surface area contributed by atoms with Crippen molar-refractivity contribution in [3.8, 4) is 5.69 Å². The summed E-state index contributed by atoms with van der Waals surface area (Å²) in [5.74, 6) is 0. The zero-order chi connectivity index (χ0) is 16.5. The molecule has 25 heavy (non-hydrogen) atoms. The number of fused-ring (bicyclic) bond motifs is 1. The summed E-state index contributed by atoms with van der Waals surface area (Å²) in [6.07, 6.45) is 0. The monoisotopic (exact) mass is 577 g/mol. The Morgan fingerprint density at radius 3 is 2.24 bits per heavy atom. The van der Waals surface area contributed by atoms with Crippen LogP contribution < -0.4 is 10.5 Å². The number of benzene rings is 2. The standard InChI is InChI=1S/C20H20N3O.No/c1-21-11-13-22(14-12-21)19-15-20(24)23(16-7-3-2-4-8-16)18-10-6-5-9-17(18)19;/h2-10H,11-14H2,1H3;/q-1;. The van der Waals surface area contributed by atoms with Crippen molar-refractivity contribution >= 4 is 16.6 Å². The molecule has 0 saturated carbocycles. The quantitative estimate of drug-likeness (QED) is 0.439. The van der Waals surface area contributed by atoms with E-state index in [1.54, 1.807) is 4.57 Å². The predicted molar refractivity (Wildman–Crippen MR) is 98.1 cm³/mol. The third-order valence-electron chi connectivity index (χ3n) is 4.66. The normalized spacial score (nSPS) is 15.2. The molecule has 0 N–H and O–H groups in total. The van der Waals surface area contributed by atoms with Gasteiger partial charge in [-0.3, -0.25) is 4.79 Å². The van der Waals surface area contributed by atoms with E-state index in [2.05, 4.69) is 29.0 Å². The number of nitrogens with zero attached hydrogens (tertiary/aromatic N) is 3. The van der Waals surface area contributed by atoms with Crippen molar-refractivity contribution in [1.29, 1.82) is 0 Å². The van der Waals surface area contributed by atoms with Gasteiger partial charge >= 0.3 is 0 Å². The van der Waals surface area contributed by atoms with E-state index in [4.69, 9.17) is 0 Å². The minimum Gasteiger partial charge on any atom is -0.402 e. The summed E-state index contributed by atoms with van der Waals surface area (Å²) < 4.78 is 1.74. The summed E-state index contributed by atoms with van der Waals surface area (Å²) in [5.41, 5.74) is 2.63. The minimum atomic E-state index is -0.103. The molecule has 1 aliphatic heterocycles. The first-order valence-electron chi connectivity index (χ1n) is 8.30. The van der Waals surface area contributed by atoms with Crippen molar-refractivity contribution in [3.63, 3.8) is 0 Å². The van der Waals surface area contributed by atoms with Gasteiger partial charge in [-0.1, -0.05) is 36.4 Å². The third kappa shape index (κ3) is 2.83. The van der Waals surface area contributed by atoms with E-state index in [9.17, 15) is 4.79 Å². The molecule has 0 atom stereocenters. The second-order valence-electron chi connectivity index (χ2n) is 6.26. The molecule has 1 aliphatic rings. The number of hydrogen-bond acceptors (Lipinski definition) is 3. The van der Waals surface area contributed by atoms with Gasteiger partial charge in [-0.25, -0.2) is 0 Å². The molecule has 0 unspecified atom stereocenters. The van der Waals surface area contributed by atoms with Gasteiger partial charge in [0, 0.05) is 31.9 Å². The molecular formula is C20H20N3NoO-. The smallest absolute Gasteiger partial charge is 0.165 e. The Hall–Kier alpha value is -3.59. The fraction of sp³-hybridized carbons (Fsp3) is 0.250. The zero-order valence-electron chi connectivity index (χ0n) is 14.0. The molecule has 1 fully saturated rings. The molecule has 5 heteroatoms. The molecule has 1 aromatic heterocycles. The van der Waals surface area contributed by atoms with Gasteiger partial charge in [-0.15, -0.1) is 17.1 Å². The Morgan fingerprint density at radius 1 is 0.880 bits per heavy atom. The van der Waals surface area contributed by atoms with Crippen molar-refractivity contribution < 1.29 is 0 Å². The van der Waals surface area contributed by atoms with Crippen LogP contribution >= 0.6 is 0 Å². The van der Waals surface area contributed by atoms with E-state index >= 15 is 0 Å². The molecule has 0 spiro atoms. The Balaban J connectivity index is 0.00000182. The van der Waals surface area contributed by atoms with Crippen LogP contribution in [0.5, 0.6) is 0 Å². The van der Waals surface area contributed by atoms with E-state index in [0.29, 0.717) is 0 Å². The summed E-state index contributed by atoms with van der Waals surface area (Å²) in [5, 5.41) is 1.07. The zero-order valence-corrected chi connectivity index (χ0v) is 16.3. The maximum atomic E-state index is 12.8. The maximum absolute atomic E-state index is 12.8. The SMILES string of the molecule is CN1CCN(c2[c-]c(=O)n(-c3ccccc3)c3ccccc23)CC1.[No]. The molecule has 2 heterocycles. The van der Waals surface area contributed by atoms with Crippen molar-refractivity contribution in [1.82, 2.24) is 9.47 Å². The van der Waals surface area contributed by atoms with E-state index in [1.807, 2.05) is 48.5 Å². The van der Waals surface area contributed by atoms with Gasteiger partial charge in [-0.2, -0.15) is 6.07 Å². The number of pyridine rings is 1. The summed E-state index contributed by atoms with van der Waals surface area (Å²) in [6, 6.07) is 21.0. The van der Waals surface area contributed by atoms with Gasteiger partial charge in [0.1, 0.15) is 0 Å². The molecule has 0 radical (unpaired) electrons. The van der Waals surface area contributed by atoms with Gasteiger partial charge in [0.15, 0.2) is 5.56 Å². The Bertz CT molecular complexity index is 915. The number of rotatable bonds is 2. The molecule has 4 nitrogen and oxygen atoms in total. The molecule has 136 valence electrons. The van der Waals surface area contributed by atoms with E-state index in [0.717, 1.165) is 48.5 Å². The Morgan fingerprint density at radius 2 is 1.52 bits per heavy atom. The molecular weight excluding hydrogens is 557 g/mol. The van der Waals surface area contributed by atoms with Gasteiger partial charge in [0.05, 0.1) is 0 Å². The van der Waals surface area contributed by atoms with Crippen LogP contribution in [-0.2, 0) is 0 Å². The molecule has 0 bridgehead atoms. The molecule has 1 saturated heterocycles. The third-order valence-corrected chi connectivity index (χ3v) is 4.66. The van der Waals surface area contributed by atoms with Crippen molar-refractivity contribution in [2.45, 2.75) is 0 Å². The first-order chi connectivity index (χ1) is 11.7. The molecule has 2 aromatic carbocycles. The predicted octanol–water partition coefficient (Wildman–Crippen LogP) is 2.54. The second kappa shape index (κ2) is 6.49. The largest absolute Gasteiger partial charge is 0.402 e. The van der Waals surface area contributed by atoms with Crippen molar-refractivity contribution in [2.75, 3.05) is 38.1 Å². The number of anilines is 1.